The molecule has 2 heteroatoms. The first-order chi connectivity index (χ1) is 6.58. The molecule has 0 amide bonds. The summed E-state index contributed by atoms with van der Waals surface area (Å²) in [7, 11) is 3.59. The van der Waals surface area contributed by atoms with Gasteiger partial charge in [-0.1, -0.05) is 27.2 Å². The number of hydrogen-bond acceptors (Lipinski definition) is 2. The first-order valence-corrected chi connectivity index (χ1v) is 5.60. The van der Waals surface area contributed by atoms with Crippen molar-refractivity contribution in [1.29, 1.82) is 0 Å². The van der Waals surface area contributed by atoms with E-state index in [1.807, 2.05) is 7.11 Å². The summed E-state index contributed by atoms with van der Waals surface area (Å²) in [6, 6.07) is 0. The average Bonchev–Trinajstić information content (AvgIpc) is 2.79. The fraction of sp³-hybridized carbons (Fsp3) is 1.00. The molecule has 0 aromatic heterocycles. The van der Waals surface area contributed by atoms with Gasteiger partial charge in [0.05, 0.1) is 12.7 Å². The van der Waals surface area contributed by atoms with Crippen LogP contribution < -0.4 is 0 Å². The van der Waals surface area contributed by atoms with Crippen molar-refractivity contribution >= 4 is 0 Å². The molecule has 14 heavy (non-hydrogen) atoms. The summed E-state index contributed by atoms with van der Waals surface area (Å²) >= 11 is 0. The molecule has 0 heterocycles. The van der Waals surface area contributed by atoms with Crippen LogP contribution in [-0.4, -0.2) is 26.9 Å². The monoisotopic (exact) mass is 200 g/mol. The Bertz CT molecular complexity index is 177. The lowest BCUT2D eigenvalue weighted by Gasteiger charge is -2.24. The lowest BCUT2D eigenvalue weighted by atomic mass is 9.82. The zero-order chi connectivity index (χ0) is 10.8. The lowest BCUT2D eigenvalue weighted by molar-refractivity contribution is 0.122. The minimum absolute atomic E-state index is 0.401. The summed E-state index contributed by atoms with van der Waals surface area (Å²) in [5.41, 5.74) is 0.401. The van der Waals surface area contributed by atoms with Crippen LogP contribution in [0.5, 0.6) is 0 Å². The first-order valence-electron chi connectivity index (χ1n) is 5.60. The topological polar surface area (TPSA) is 18.5 Å². The maximum atomic E-state index is 5.49. The molecule has 2 nitrogen and oxygen atoms in total. The molecule has 0 radical (unpaired) electrons. The van der Waals surface area contributed by atoms with Crippen molar-refractivity contribution in [3.05, 3.63) is 0 Å². The van der Waals surface area contributed by atoms with Crippen molar-refractivity contribution in [1.82, 2.24) is 0 Å². The lowest BCUT2D eigenvalue weighted by Crippen LogP contribution is -2.17. The highest BCUT2D eigenvalue weighted by atomic mass is 16.5. The number of methoxy groups -OCH3 is 2. The molecule has 0 aromatic rings. The second kappa shape index (κ2) is 4.63. The fourth-order valence-electron chi connectivity index (χ4n) is 2.89. The number of hydrogen-bond donors (Lipinski definition) is 0. The van der Waals surface area contributed by atoms with Gasteiger partial charge in [-0.2, -0.15) is 0 Å². The highest BCUT2D eigenvalue weighted by molar-refractivity contribution is 5.05. The van der Waals surface area contributed by atoms with E-state index in [1.165, 1.54) is 12.8 Å². The van der Waals surface area contributed by atoms with Crippen LogP contribution in [0.15, 0.2) is 0 Å². The van der Waals surface area contributed by atoms with Crippen LogP contribution in [0.3, 0.4) is 0 Å². The molecule has 0 N–H and O–H groups in total. The van der Waals surface area contributed by atoms with Crippen molar-refractivity contribution in [2.75, 3.05) is 20.8 Å². The molecule has 0 spiro atoms. The van der Waals surface area contributed by atoms with Crippen LogP contribution in [-0.2, 0) is 9.47 Å². The largest absolute Gasteiger partial charge is 0.384 e. The Morgan fingerprint density at radius 2 is 1.86 bits per heavy atom. The predicted octanol–water partition coefficient (Wildman–Crippen LogP) is 2.72. The minimum Gasteiger partial charge on any atom is -0.384 e. The van der Waals surface area contributed by atoms with E-state index in [9.17, 15) is 0 Å². The molecule has 3 unspecified atom stereocenters. The van der Waals surface area contributed by atoms with E-state index in [-0.39, 0.29) is 0 Å². The molecule has 0 aliphatic heterocycles. The summed E-state index contributed by atoms with van der Waals surface area (Å²) in [5.74, 6) is 1.30. The predicted molar refractivity (Wildman–Crippen MR) is 58.3 cm³/mol. The summed E-state index contributed by atoms with van der Waals surface area (Å²) < 4.78 is 10.7. The van der Waals surface area contributed by atoms with Crippen LogP contribution in [0.2, 0.25) is 0 Å². The third-order valence-electron chi connectivity index (χ3n) is 3.52. The smallest absolute Gasteiger partial charge is 0.0663 e. The second-order valence-electron chi connectivity index (χ2n) is 5.08. The van der Waals surface area contributed by atoms with Gasteiger partial charge in [-0.25, -0.2) is 0 Å². The van der Waals surface area contributed by atoms with Gasteiger partial charge in [-0.05, 0) is 17.8 Å². The number of rotatable bonds is 6. The zero-order valence-corrected chi connectivity index (χ0v) is 10.2. The molecule has 84 valence electrons. The molecule has 1 aliphatic rings. The number of ether oxygens (including phenoxy) is 2. The van der Waals surface area contributed by atoms with E-state index in [2.05, 4.69) is 20.8 Å². The zero-order valence-electron chi connectivity index (χ0n) is 10.2. The van der Waals surface area contributed by atoms with Gasteiger partial charge in [-0.15, -0.1) is 0 Å². The molecule has 3 atom stereocenters. The summed E-state index contributed by atoms with van der Waals surface area (Å²) in [6.07, 6.45) is 2.95. The highest BCUT2D eigenvalue weighted by Crippen LogP contribution is 2.54. The highest BCUT2D eigenvalue weighted by Gasteiger charge is 2.57. The van der Waals surface area contributed by atoms with Gasteiger partial charge in [-0.3, -0.25) is 0 Å². The molecular formula is C12H24O2. The molecule has 1 saturated carbocycles. The van der Waals surface area contributed by atoms with Gasteiger partial charge in [0, 0.05) is 20.1 Å². The Labute approximate surface area is 88.0 Å². The second-order valence-corrected chi connectivity index (χ2v) is 5.08. The van der Waals surface area contributed by atoms with E-state index in [0.717, 1.165) is 6.61 Å². The molecule has 1 aliphatic carbocycles. The molecule has 0 bridgehead atoms. The molecule has 1 fully saturated rings. The maximum Gasteiger partial charge on any atom is 0.0663 e. The van der Waals surface area contributed by atoms with E-state index in [4.69, 9.17) is 9.47 Å². The Morgan fingerprint density at radius 3 is 2.29 bits per heavy atom. The van der Waals surface area contributed by atoms with Crippen molar-refractivity contribution < 1.29 is 9.47 Å². The van der Waals surface area contributed by atoms with Crippen molar-refractivity contribution in [2.24, 2.45) is 17.3 Å². The van der Waals surface area contributed by atoms with Crippen LogP contribution in [0.25, 0.3) is 0 Å². The van der Waals surface area contributed by atoms with Crippen molar-refractivity contribution in [2.45, 2.75) is 39.7 Å². The Kier molecular flexibility index (Phi) is 3.96. The van der Waals surface area contributed by atoms with Crippen LogP contribution in [0.1, 0.15) is 33.6 Å². The quantitative estimate of drug-likeness (QED) is 0.656. The van der Waals surface area contributed by atoms with Gasteiger partial charge >= 0.3 is 0 Å². The van der Waals surface area contributed by atoms with Crippen LogP contribution in [0, 0.1) is 17.3 Å². The Balaban J connectivity index is 2.52. The SMILES string of the molecule is CCCC(C)(C)C1C(COC)C1OC. The van der Waals surface area contributed by atoms with Crippen LogP contribution >= 0.6 is 0 Å². The van der Waals surface area contributed by atoms with Gasteiger partial charge in [0.15, 0.2) is 0 Å². The Morgan fingerprint density at radius 1 is 1.21 bits per heavy atom. The standard InChI is InChI=1S/C12H24O2/c1-6-7-12(2,3)10-9(8-13-4)11(10)14-5/h9-11H,6-8H2,1-5H3. The van der Waals surface area contributed by atoms with E-state index < -0.39 is 0 Å². The fourth-order valence-corrected chi connectivity index (χ4v) is 2.89. The minimum atomic E-state index is 0.401. The van der Waals surface area contributed by atoms with Crippen molar-refractivity contribution in [3.63, 3.8) is 0 Å². The summed E-state index contributed by atoms with van der Waals surface area (Å²) in [4.78, 5) is 0. The molecule has 1 rings (SSSR count). The van der Waals surface area contributed by atoms with Crippen LogP contribution in [0.4, 0.5) is 0 Å². The van der Waals surface area contributed by atoms with Gasteiger partial charge < -0.3 is 9.47 Å². The molecule has 0 aromatic carbocycles. The Hall–Kier alpha value is -0.0800. The van der Waals surface area contributed by atoms with Gasteiger partial charge in [0.2, 0.25) is 0 Å². The molecule has 0 saturated heterocycles. The van der Waals surface area contributed by atoms with E-state index >= 15 is 0 Å². The van der Waals surface area contributed by atoms with E-state index in [1.54, 1.807) is 7.11 Å². The van der Waals surface area contributed by atoms with Gasteiger partial charge in [0.1, 0.15) is 0 Å². The third-order valence-corrected chi connectivity index (χ3v) is 3.52. The van der Waals surface area contributed by atoms with Gasteiger partial charge in [0.25, 0.3) is 0 Å². The normalized spacial score (nSPS) is 31.9. The third kappa shape index (κ3) is 2.29. The maximum absolute atomic E-state index is 5.49. The first kappa shape index (κ1) is 12.0. The summed E-state index contributed by atoms with van der Waals surface area (Å²) in [6.45, 7) is 7.79. The van der Waals surface area contributed by atoms with Crippen molar-refractivity contribution in [3.8, 4) is 0 Å². The molecular weight excluding hydrogens is 176 g/mol. The summed E-state index contributed by atoms with van der Waals surface area (Å²) in [5, 5.41) is 0. The average molecular weight is 200 g/mol. The van der Waals surface area contributed by atoms with E-state index in [0.29, 0.717) is 23.4 Å².